The average Bonchev–Trinajstić information content (AvgIpc) is 3.38. The molecule has 0 spiro atoms. The van der Waals surface area contributed by atoms with Gasteiger partial charge in [-0.25, -0.2) is 4.79 Å². The zero-order chi connectivity index (χ0) is 20.2. The third-order valence-corrected chi connectivity index (χ3v) is 4.43. The number of nitrogens with one attached hydrogen (secondary N) is 1. The Balaban J connectivity index is 1.25. The van der Waals surface area contributed by atoms with Crippen molar-refractivity contribution in [3.8, 4) is 23.0 Å². The maximum absolute atomic E-state index is 12.1. The van der Waals surface area contributed by atoms with Crippen LogP contribution >= 0.6 is 0 Å². The van der Waals surface area contributed by atoms with Crippen molar-refractivity contribution in [3.05, 3.63) is 53.6 Å². The molecule has 1 N–H and O–H groups in total. The number of hydrogen-bond acceptors (Lipinski definition) is 7. The molecule has 0 aromatic heterocycles. The molecule has 2 aliphatic rings. The lowest BCUT2D eigenvalue weighted by molar-refractivity contribution is -0.144. The van der Waals surface area contributed by atoms with Gasteiger partial charge < -0.3 is 29.0 Å². The van der Waals surface area contributed by atoms with Crippen molar-refractivity contribution >= 4 is 18.0 Å². The number of esters is 1. The molecule has 2 aliphatic heterocycles. The number of benzene rings is 2. The van der Waals surface area contributed by atoms with Crippen LogP contribution in [-0.2, 0) is 14.3 Å². The summed E-state index contributed by atoms with van der Waals surface area (Å²) in [5.41, 5.74) is 1.61. The van der Waals surface area contributed by atoms with Crippen LogP contribution in [0.25, 0.3) is 6.08 Å². The Kier molecular flexibility index (Phi) is 5.24. The summed E-state index contributed by atoms with van der Waals surface area (Å²) in [4.78, 5) is 23.9. The summed E-state index contributed by atoms with van der Waals surface area (Å²) in [5.74, 6) is 1.59. The molecule has 8 heteroatoms. The van der Waals surface area contributed by atoms with Crippen molar-refractivity contribution in [2.24, 2.45) is 0 Å². The van der Waals surface area contributed by atoms with Gasteiger partial charge in [0.25, 0.3) is 5.91 Å². The Bertz CT molecular complexity index is 969. The van der Waals surface area contributed by atoms with Gasteiger partial charge in [-0.1, -0.05) is 12.1 Å². The van der Waals surface area contributed by atoms with Crippen molar-refractivity contribution in [2.75, 3.05) is 20.2 Å². The molecular weight excluding hydrogens is 378 g/mol. The van der Waals surface area contributed by atoms with Gasteiger partial charge in [0.15, 0.2) is 29.6 Å². The molecule has 0 saturated heterocycles. The van der Waals surface area contributed by atoms with Crippen LogP contribution in [0.1, 0.15) is 24.1 Å². The van der Waals surface area contributed by atoms with Gasteiger partial charge in [-0.15, -0.1) is 0 Å². The third-order valence-electron chi connectivity index (χ3n) is 4.43. The summed E-state index contributed by atoms with van der Waals surface area (Å²) < 4.78 is 26.1. The maximum atomic E-state index is 12.1. The van der Waals surface area contributed by atoms with Gasteiger partial charge in [-0.3, -0.25) is 4.79 Å². The zero-order valence-corrected chi connectivity index (χ0v) is 15.7. The van der Waals surface area contributed by atoms with Crippen molar-refractivity contribution in [2.45, 2.75) is 13.0 Å². The van der Waals surface area contributed by atoms with Gasteiger partial charge >= 0.3 is 5.97 Å². The van der Waals surface area contributed by atoms with Crippen molar-refractivity contribution < 1.29 is 33.3 Å². The minimum absolute atomic E-state index is 0.185. The molecule has 8 nitrogen and oxygen atoms in total. The Morgan fingerprint density at radius 2 is 1.66 bits per heavy atom. The first-order chi connectivity index (χ1) is 14.1. The molecule has 0 bridgehead atoms. The summed E-state index contributed by atoms with van der Waals surface area (Å²) in [7, 11) is 0. The second-order valence-electron chi connectivity index (χ2n) is 6.46. The number of hydrogen-bond donors (Lipinski definition) is 1. The fourth-order valence-electron chi connectivity index (χ4n) is 2.91. The number of amides is 1. The Labute approximate surface area is 167 Å². The molecule has 1 amide bonds. The molecule has 0 radical (unpaired) electrons. The van der Waals surface area contributed by atoms with E-state index in [9.17, 15) is 9.59 Å². The van der Waals surface area contributed by atoms with Crippen molar-refractivity contribution in [1.29, 1.82) is 0 Å². The molecule has 29 heavy (non-hydrogen) atoms. The van der Waals surface area contributed by atoms with Crippen LogP contribution in [0, 0.1) is 0 Å². The van der Waals surface area contributed by atoms with E-state index in [1.54, 1.807) is 30.3 Å². The molecule has 2 heterocycles. The first-order valence-corrected chi connectivity index (χ1v) is 9.02. The van der Waals surface area contributed by atoms with Gasteiger partial charge in [0.2, 0.25) is 13.6 Å². The molecule has 1 atom stereocenters. The second-order valence-corrected chi connectivity index (χ2v) is 6.46. The quantitative estimate of drug-likeness (QED) is 0.592. The molecular formula is C21H19NO7. The lowest BCUT2D eigenvalue weighted by Crippen LogP contribution is -2.30. The lowest BCUT2D eigenvalue weighted by atomic mass is 10.1. The SMILES string of the molecule is C[C@H](NC(=O)COC(=O)/C=C/c1ccc2c(c1)OCO2)c1ccc2c(c1)OCO2. The van der Waals surface area contributed by atoms with E-state index in [1.807, 2.05) is 19.1 Å². The summed E-state index contributed by atoms with van der Waals surface area (Å²) in [6, 6.07) is 10.5. The van der Waals surface area contributed by atoms with E-state index >= 15 is 0 Å². The fraction of sp³-hybridized carbons (Fsp3) is 0.238. The molecule has 4 rings (SSSR count). The van der Waals surface area contributed by atoms with E-state index in [1.165, 1.54) is 6.08 Å². The molecule has 150 valence electrons. The molecule has 0 saturated carbocycles. The van der Waals surface area contributed by atoms with Crippen LogP contribution in [0.5, 0.6) is 23.0 Å². The molecule has 2 aromatic rings. The largest absolute Gasteiger partial charge is 0.454 e. The first-order valence-electron chi connectivity index (χ1n) is 9.02. The van der Waals surface area contributed by atoms with Gasteiger partial charge in [0.05, 0.1) is 6.04 Å². The highest BCUT2D eigenvalue weighted by Gasteiger charge is 2.17. The molecule has 0 aliphatic carbocycles. The number of carbonyl (C=O) groups excluding carboxylic acids is 2. The first kappa shape index (κ1) is 18.7. The predicted octanol–water partition coefficient (Wildman–Crippen LogP) is 2.58. The number of rotatable bonds is 6. The highest BCUT2D eigenvalue weighted by atomic mass is 16.7. The lowest BCUT2D eigenvalue weighted by Gasteiger charge is -2.14. The van der Waals surface area contributed by atoms with Gasteiger partial charge in [-0.05, 0) is 48.4 Å². The minimum Gasteiger partial charge on any atom is -0.454 e. The molecule has 0 unspecified atom stereocenters. The highest BCUT2D eigenvalue weighted by Crippen LogP contribution is 2.34. The Hall–Kier alpha value is -3.68. The van der Waals surface area contributed by atoms with Crippen LogP contribution in [0.4, 0.5) is 0 Å². The Morgan fingerprint density at radius 1 is 1.00 bits per heavy atom. The third kappa shape index (κ3) is 4.43. The van der Waals surface area contributed by atoms with E-state index in [0.29, 0.717) is 23.0 Å². The maximum Gasteiger partial charge on any atom is 0.331 e. The number of ether oxygens (including phenoxy) is 5. The smallest absolute Gasteiger partial charge is 0.331 e. The van der Waals surface area contributed by atoms with Crippen LogP contribution in [-0.4, -0.2) is 32.1 Å². The van der Waals surface area contributed by atoms with Crippen LogP contribution in [0.2, 0.25) is 0 Å². The highest BCUT2D eigenvalue weighted by molar-refractivity contribution is 5.89. The van der Waals surface area contributed by atoms with Gasteiger partial charge in [-0.2, -0.15) is 0 Å². The van der Waals surface area contributed by atoms with Crippen LogP contribution in [0.15, 0.2) is 42.5 Å². The van der Waals surface area contributed by atoms with E-state index in [2.05, 4.69) is 5.32 Å². The zero-order valence-electron chi connectivity index (χ0n) is 15.7. The van der Waals surface area contributed by atoms with Gasteiger partial charge in [0.1, 0.15) is 0 Å². The monoisotopic (exact) mass is 397 g/mol. The normalized spacial score (nSPS) is 14.7. The molecule has 0 fully saturated rings. The summed E-state index contributed by atoms with van der Waals surface area (Å²) in [6.07, 6.45) is 2.84. The fourth-order valence-corrected chi connectivity index (χ4v) is 2.91. The van der Waals surface area contributed by atoms with E-state index in [4.69, 9.17) is 23.7 Å². The van der Waals surface area contributed by atoms with Gasteiger partial charge in [0, 0.05) is 6.08 Å². The van der Waals surface area contributed by atoms with E-state index < -0.39 is 11.9 Å². The topological polar surface area (TPSA) is 92.3 Å². The number of fused-ring (bicyclic) bond motifs is 2. The van der Waals surface area contributed by atoms with Crippen molar-refractivity contribution in [3.63, 3.8) is 0 Å². The van der Waals surface area contributed by atoms with E-state index in [-0.39, 0.29) is 26.2 Å². The predicted molar refractivity (Wildman–Crippen MR) is 102 cm³/mol. The average molecular weight is 397 g/mol. The number of carbonyl (C=O) groups is 2. The standard InChI is InChI=1S/C21H19NO7/c1-13(15-4-6-17-19(9-15)29-12-27-17)22-20(23)10-25-21(24)7-3-14-2-5-16-18(8-14)28-11-26-16/h2-9,13H,10-12H2,1H3,(H,22,23)/b7-3+/t13-/m0/s1. The second kappa shape index (κ2) is 8.14. The summed E-state index contributed by atoms with van der Waals surface area (Å²) in [6.45, 7) is 1.83. The minimum atomic E-state index is -0.617. The summed E-state index contributed by atoms with van der Waals surface area (Å²) in [5, 5.41) is 2.78. The molecule has 2 aromatic carbocycles. The summed E-state index contributed by atoms with van der Waals surface area (Å²) >= 11 is 0. The van der Waals surface area contributed by atoms with Crippen LogP contribution < -0.4 is 24.3 Å². The van der Waals surface area contributed by atoms with Crippen LogP contribution in [0.3, 0.4) is 0 Å². The van der Waals surface area contributed by atoms with E-state index in [0.717, 1.165) is 11.1 Å². The Morgan fingerprint density at radius 3 is 2.41 bits per heavy atom. The van der Waals surface area contributed by atoms with Crippen molar-refractivity contribution in [1.82, 2.24) is 5.32 Å².